The monoisotopic (exact) mass is 460 g/mol. The zero-order chi connectivity index (χ0) is 22.9. The molecule has 0 fully saturated rings. The van der Waals surface area contributed by atoms with Crippen LogP contribution in [0.5, 0.6) is 5.75 Å². The Kier molecular flexibility index (Phi) is 5.19. The topological polar surface area (TPSA) is 133 Å². The lowest BCUT2D eigenvalue weighted by molar-refractivity contribution is 0.100. The van der Waals surface area contributed by atoms with Crippen LogP contribution < -0.4 is 15.8 Å². The van der Waals surface area contributed by atoms with Crippen LogP contribution in [0.4, 0.5) is 5.69 Å². The number of halogens is 1. The van der Waals surface area contributed by atoms with Gasteiger partial charge in [-0.3, -0.25) is 9.78 Å². The molecule has 0 bridgehead atoms. The molecule has 0 aliphatic carbocycles. The standard InChI is InChI=1S/C22H17ClN8O2/c1-33-13-9-18-21(27-10-13)17(6-7-25-18)26-11-20-29-28-19-5-4-16(30-31(19)20)12-2-3-14(22(24)32)15(23)8-12/h2-10H,11H2,1H3,(H2,24,32)(H,25,26). The van der Waals surface area contributed by atoms with Gasteiger partial charge in [0.15, 0.2) is 11.5 Å². The van der Waals surface area contributed by atoms with E-state index in [9.17, 15) is 4.79 Å². The number of amides is 1. The van der Waals surface area contributed by atoms with Crippen molar-refractivity contribution in [3.8, 4) is 17.0 Å². The molecule has 5 aromatic rings. The summed E-state index contributed by atoms with van der Waals surface area (Å²) in [5, 5.41) is 16.7. The first-order chi connectivity index (χ1) is 16.0. The second kappa shape index (κ2) is 8.32. The van der Waals surface area contributed by atoms with Crippen molar-refractivity contribution in [2.24, 2.45) is 5.73 Å². The molecule has 11 heteroatoms. The van der Waals surface area contributed by atoms with E-state index in [4.69, 9.17) is 22.1 Å². The molecule has 33 heavy (non-hydrogen) atoms. The molecule has 0 saturated carbocycles. The Balaban J connectivity index is 1.45. The smallest absolute Gasteiger partial charge is 0.250 e. The molecule has 0 aliphatic heterocycles. The number of carbonyl (C=O) groups is 1. The van der Waals surface area contributed by atoms with E-state index in [0.717, 1.165) is 11.3 Å². The fraction of sp³-hybridized carbons (Fsp3) is 0.0909. The van der Waals surface area contributed by atoms with E-state index in [1.807, 2.05) is 24.3 Å². The Bertz CT molecular complexity index is 1520. The van der Waals surface area contributed by atoms with Gasteiger partial charge >= 0.3 is 0 Å². The summed E-state index contributed by atoms with van der Waals surface area (Å²) in [6, 6.07) is 12.3. The fourth-order valence-electron chi connectivity index (χ4n) is 3.41. The maximum Gasteiger partial charge on any atom is 0.250 e. The lowest BCUT2D eigenvalue weighted by Gasteiger charge is -2.09. The van der Waals surface area contributed by atoms with Gasteiger partial charge in [0, 0.05) is 17.8 Å². The first-order valence-electron chi connectivity index (χ1n) is 9.87. The predicted molar refractivity (Wildman–Crippen MR) is 123 cm³/mol. The molecule has 0 spiro atoms. The molecular weight excluding hydrogens is 444 g/mol. The Morgan fingerprint density at radius 3 is 2.82 bits per heavy atom. The van der Waals surface area contributed by atoms with Crippen molar-refractivity contribution in [3.05, 3.63) is 71.3 Å². The SMILES string of the molecule is COc1cnc2c(NCc3nnc4ccc(-c5ccc(C(N)=O)c(Cl)c5)nn34)ccnc2c1. The number of anilines is 1. The van der Waals surface area contributed by atoms with Crippen molar-refractivity contribution in [2.45, 2.75) is 6.54 Å². The van der Waals surface area contributed by atoms with Crippen molar-refractivity contribution in [1.82, 2.24) is 29.8 Å². The molecule has 0 radical (unpaired) electrons. The third kappa shape index (κ3) is 3.87. The van der Waals surface area contributed by atoms with Gasteiger partial charge in [0.1, 0.15) is 11.3 Å². The average Bonchev–Trinajstić information content (AvgIpc) is 3.24. The van der Waals surface area contributed by atoms with Gasteiger partial charge in [-0.25, -0.2) is 4.98 Å². The zero-order valence-electron chi connectivity index (χ0n) is 17.4. The van der Waals surface area contributed by atoms with E-state index in [-0.39, 0.29) is 10.6 Å². The number of hydrogen-bond donors (Lipinski definition) is 2. The van der Waals surface area contributed by atoms with Crippen LogP contribution in [0.3, 0.4) is 0 Å². The van der Waals surface area contributed by atoms with Crippen molar-refractivity contribution in [2.75, 3.05) is 12.4 Å². The van der Waals surface area contributed by atoms with E-state index in [1.54, 1.807) is 42.2 Å². The molecule has 1 amide bonds. The number of pyridine rings is 2. The van der Waals surface area contributed by atoms with Crippen molar-refractivity contribution in [3.63, 3.8) is 0 Å². The first kappa shape index (κ1) is 20.6. The van der Waals surface area contributed by atoms with E-state index in [2.05, 4.69) is 30.6 Å². The van der Waals surface area contributed by atoms with Crippen LogP contribution >= 0.6 is 11.6 Å². The highest BCUT2D eigenvalue weighted by atomic mass is 35.5. The molecule has 10 nitrogen and oxygen atoms in total. The van der Waals surface area contributed by atoms with E-state index >= 15 is 0 Å². The number of benzene rings is 1. The summed E-state index contributed by atoms with van der Waals surface area (Å²) < 4.78 is 6.87. The summed E-state index contributed by atoms with van der Waals surface area (Å²) in [6.45, 7) is 0.353. The zero-order valence-corrected chi connectivity index (χ0v) is 18.1. The van der Waals surface area contributed by atoms with Gasteiger partial charge in [-0.05, 0) is 30.3 Å². The third-order valence-corrected chi connectivity index (χ3v) is 5.40. The number of hydrogen-bond acceptors (Lipinski definition) is 8. The molecule has 5 rings (SSSR count). The molecule has 0 unspecified atom stereocenters. The van der Waals surface area contributed by atoms with Gasteiger partial charge in [-0.15, -0.1) is 10.2 Å². The lowest BCUT2D eigenvalue weighted by Crippen LogP contribution is -2.11. The van der Waals surface area contributed by atoms with Crippen LogP contribution in [0.1, 0.15) is 16.2 Å². The number of carbonyl (C=O) groups excluding carboxylic acids is 1. The minimum atomic E-state index is -0.585. The van der Waals surface area contributed by atoms with Crippen LogP contribution in [-0.2, 0) is 6.54 Å². The summed E-state index contributed by atoms with van der Waals surface area (Å²) in [4.78, 5) is 20.2. The number of nitrogens with two attached hydrogens (primary N) is 1. The van der Waals surface area contributed by atoms with Crippen molar-refractivity contribution < 1.29 is 9.53 Å². The maximum atomic E-state index is 11.4. The molecule has 164 valence electrons. The average molecular weight is 461 g/mol. The molecule has 3 N–H and O–H groups in total. The number of fused-ring (bicyclic) bond motifs is 2. The molecular formula is C22H17ClN8O2. The van der Waals surface area contributed by atoms with Gasteiger partial charge in [-0.1, -0.05) is 17.7 Å². The minimum Gasteiger partial charge on any atom is -0.495 e. The van der Waals surface area contributed by atoms with Gasteiger partial charge < -0.3 is 15.8 Å². The van der Waals surface area contributed by atoms with Crippen molar-refractivity contribution in [1.29, 1.82) is 0 Å². The third-order valence-electron chi connectivity index (χ3n) is 5.08. The summed E-state index contributed by atoms with van der Waals surface area (Å²) >= 11 is 6.20. The summed E-state index contributed by atoms with van der Waals surface area (Å²) in [6.07, 6.45) is 3.34. The van der Waals surface area contributed by atoms with Gasteiger partial charge in [0.05, 0.1) is 47.3 Å². The highest BCUT2D eigenvalue weighted by molar-refractivity contribution is 6.34. The summed E-state index contributed by atoms with van der Waals surface area (Å²) in [5.74, 6) is 0.653. The second-order valence-electron chi connectivity index (χ2n) is 7.12. The maximum absolute atomic E-state index is 11.4. The Morgan fingerprint density at radius 1 is 1.15 bits per heavy atom. The normalized spacial score (nSPS) is 11.1. The summed E-state index contributed by atoms with van der Waals surface area (Å²) in [5.41, 5.74) is 9.78. The fourth-order valence-corrected chi connectivity index (χ4v) is 3.69. The van der Waals surface area contributed by atoms with Gasteiger partial charge in [0.25, 0.3) is 0 Å². The van der Waals surface area contributed by atoms with E-state index in [0.29, 0.717) is 40.5 Å². The number of ether oxygens (including phenoxy) is 1. The summed E-state index contributed by atoms with van der Waals surface area (Å²) in [7, 11) is 1.59. The van der Waals surface area contributed by atoms with Gasteiger partial charge in [0.2, 0.25) is 5.91 Å². The number of primary amides is 1. The minimum absolute atomic E-state index is 0.256. The Labute approximate surface area is 192 Å². The number of methoxy groups -OCH3 is 1. The Hall–Kier alpha value is -4.31. The van der Waals surface area contributed by atoms with Crippen molar-refractivity contribution >= 4 is 39.9 Å². The molecule has 0 aliphatic rings. The molecule has 0 atom stereocenters. The number of nitrogens with zero attached hydrogens (tertiary/aromatic N) is 6. The van der Waals surface area contributed by atoms with E-state index < -0.39 is 5.91 Å². The first-order valence-corrected chi connectivity index (χ1v) is 10.2. The molecule has 1 aromatic carbocycles. The second-order valence-corrected chi connectivity index (χ2v) is 7.53. The van der Waals surface area contributed by atoms with Crippen LogP contribution in [0.25, 0.3) is 27.9 Å². The number of aromatic nitrogens is 6. The quantitative estimate of drug-likeness (QED) is 0.395. The van der Waals surface area contributed by atoms with Gasteiger partial charge in [-0.2, -0.15) is 9.61 Å². The van der Waals surface area contributed by atoms with Crippen LogP contribution in [0, 0.1) is 0 Å². The van der Waals surface area contributed by atoms with Crippen LogP contribution in [0.2, 0.25) is 5.02 Å². The molecule has 0 saturated heterocycles. The number of rotatable bonds is 6. The highest BCUT2D eigenvalue weighted by Gasteiger charge is 2.13. The Morgan fingerprint density at radius 2 is 2.03 bits per heavy atom. The molecule has 4 aromatic heterocycles. The lowest BCUT2D eigenvalue weighted by atomic mass is 10.1. The largest absolute Gasteiger partial charge is 0.495 e. The van der Waals surface area contributed by atoms with Crippen LogP contribution in [0.15, 0.2) is 54.9 Å². The predicted octanol–water partition coefficient (Wildman–Crippen LogP) is 3.11. The van der Waals surface area contributed by atoms with E-state index in [1.165, 1.54) is 0 Å². The highest BCUT2D eigenvalue weighted by Crippen LogP contribution is 2.25. The van der Waals surface area contributed by atoms with Crippen LogP contribution in [-0.4, -0.2) is 42.8 Å². The number of nitrogens with one attached hydrogen (secondary N) is 1. The molecule has 4 heterocycles.